The molecule has 0 aromatic heterocycles. The topological polar surface area (TPSA) is 78.5 Å². The fraction of sp³-hybridized carbons (Fsp3) is 0.350. The third kappa shape index (κ3) is 4.87. The van der Waals surface area contributed by atoms with Crippen LogP contribution in [0.5, 0.6) is 0 Å². The van der Waals surface area contributed by atoms with E-state index in [0.29, 0.717) is 23.8 Å². The van der Waals surface area contributed by atoms with Crippen molar-refractivity contribution in [2.45, 2.75) is 30.7 Å². The second-order valence-electron chi connectivity index (χ2n) is 6.63. The molecule has 2 N–H and O–H groups in total. The molecular weight excluding hydrogens is 362 g/mol. The number of anilines is 1. The van der Waals surface area contributed by atoms with Gasteiger partial charge in [0.25, 0.3) is 15.9 Å². The van der Waals surface area contributed by atoms with E-state index in [2.05, 4.69) is 21.9 Å². The predicted octanol–water partition coefficient (Wildman–Crippen LogP) is 2.70. The maximum Gasteiger partial charge on any atom is 0.261 e. The maximum absolute atomic E-state index is 12.4. The summed E-state index contributed by atoms with van der Waals surface area (Å²) < 4.78 is 27.4. The van der Waals surface area contributed by atoms with Crippen LogP contribution < -0.4 is 10.0 Å². The molecule has 2 aromatic carbocycles. The van der Waals surface area contributed by atoms with Gasteiger partial charge in [-0.3, -0.25) is 14.4 Å². The first-order valence-corrected chi connectivity index (χ1v) is 10.7. The lowest BCUT2D eigenvalue weighted by atomic mass is 10.2. The summed E-state index contributed by atoms with van der Waals surface area (Å²) in [5.41, 5.74) is 0.950. The first-order valence-electron chi connectivity index (χ1n) is 9.20. The molecule has 1 fully saturated rings. The number of nitrogens with one attached hydrogen (secondary N) is 2. The molecular formula is C20H25N3O3S. The smallest absolute Gasteiger partial charge is 0.261 e. The van der Waals surface area contributed by atoms with Gasteiger partial charge < -0.3 is 5.32 Å². The molecule has 0 saturated carbocycles. The summed E-state index contributed by atoms with van der Waals surface area (Å²) in [4.78, 5) is 14.8. The van der Waals surface area contributed by atoms with Gasteiger partial charge in [0.1, 0.15) is 0 Å². The Hall–Kier alpha value is -2.38. The van der Waals surface area contributed by atoms with E-state index in [9.17, 15) is 13.2 Å². The van der Waals surface area contributed by atoms with Crippen LogP contribution in [-0.2, 0) is 10.0 Å². The Kier molecular flexibility index (Phi) is 6.13. The number of sulfonamides is 1. The maximum atomic E-state index is 12.4. The van der Waals surface area contributed by atoms with E-state index in [4.69, 9.17) is 0 Å². The number of likely N-dealkylation sites (N-methyl/N-ethyl adjacent to an activating group) is 1. The SMILES string of the molecule is CCN1CCCC1CNC(=O)c1ccc(S(=O)(=O)Nc2ccccc2)cc1. The molecule has 1 atom stereocenters. The van der Waals surface area contributed by atoms with Crippen LogP contribution in [-0.4, -0.2) is 44.9 Å². The van der Waals surface area contributed by atoms with E-state index in [1.165, 1.54) is 12.1 Å². The molecule has 144 valence electrons. The lowest BCUT2D eigenvalue weighted by molar-refractivity contribution is 0.0941. The van der Waals surface area contributed by atoms with Crippen molar-refractivity contribution in [2.24, 2.45) is 0 Å². The molecule has 6 nitrogen and oxygen atoms in total. The molecule has 1 heterocycles. The van der Waals surface area contributed by atoms with Gasteiger partial charge in [-0.05, 0) is 62.3 Å². The average molecular weight is 388 g/mol. The minimum atomic E-state index is -3.68. The number of hydrogen-bond acceptors (Lipinski definition) is 4. The van der Waals surface area contributed by atoms with Crippen LogP contribution in [0.4, 0.5) is 5.69 Å². The number of amides is 1. The van der Waals surface area contributed by atoms with Gasteiger partial charge in [0, 0.05) is 23.8 Å². The molecule has 0 spiro atoms. The van der Waals surface area contributed by atoms with Gasteiger partial charge in [0.2, 0.25) is 0 Å². The van der Waals surface area contributed by atoms with E-state index in [-0.39, 0.29) is 10.8 Å². The number of benzene rings is 2. The minimum absolute atomic E-state index is 0.121. The zero-order valence-electron chi connectivity index (χ0n) is 15.4. The van der Waals surface area contributed by atoms with Crippen molar-refractivity contribution in [3.05, 3.63) is 60.2 Å². The number of para-hydroxylation sites is 1. The van der Waals surface area contributed by atoms with Gasteiger partial charge in [-0.1, -0.05) is 25.1 Å². The first kappa shape index (κ1) is 19.4. The number of hydrogen-bond donors (Lipinski definition) is 2. The summed E-state index contributed by atoms with van der Waals surface area (Å²) in [5.74, 6) is -0.182. The van der Waals surface area contributed by atoms with Crippen LogP contribution in [0.1, 0.15) is 30.1 Å². The molecule has 1 aliphatic heterocycles. The van der Waals surface area contributed by atoms with Crippen molar-refractivity contribution in [3.63, 3.8) is 0 Å². The fourth-order valence-corrected chi connectivity index (χ4v) is 4.42. The highest BCUT2D eigenvalue weighted by molar-refractivity contribution is 7.92. The molecule has 0 aliphatic carbocycles. The molecule has 1 aliphatic rings. The molecule has 1 amide bonds. The van der Waals surface area contributed by atoms with Crippen LogP contribution in [0.15, 0.2) is 59.5 Å². The van der Waals surface area contributed by atoms with Crippen molar-refractivity contribution in [3.8, 4) is 0 Å². The molecule has 2 aromatic rings. The summed E-state index contributed by atoms with van der Waals surface area (Å²) in [7, 11) is -3.68. The van der Waals surface area contributed by atoms with Crippen LogP contribution in [0.3, 0.4) is 0 Å². The van der Waals surface area contributed by atoms with Crippen molar-refractivity contribution in [1.29, 1.82) is 0 Å². The van der Waals surface area contributed by atoms with Gasteiger partial charge in [0.15, 0.2) is 0 Å². The highest BCUT2D eigenvalue weighted by Gasteiger charge is 2.23. The number of rotatable bonds is 7. The molecule has 0 radical (unpaired) electrons. The Balaban J connectivity index is 1.61. The zero-order valence-corrected chi connectivity index (χ0v) is 16.2. The average Bonchev–Trinajstić information content (AvgIpc) is 3.14. The highest BCUT2D eigenvalue weighted by atomic mass is 32.2. The van der Waals surface area contributed by atoms with Crippen molar-refractivity contribution in [1.82, 2.24) is 10.2 Å². The summed E-state index contributed by atoms with van der Waals surface area (Å²) in [6, 6.07) is 15.1. The lowest BCUT2D eigenvalue weighted by Gasteiger charge is -2.22. The van der Waals surface area contributed by atoms with Gasteiger partial charge in [-0.25, -0.2) is 8.42 Å². The highest BCUT2D eigenvalue weighted by Crippen LogP contribution is 2.17. The second kappa shape index (κ2) is 8.54. The van der Waals surface area contributed by atoms with Crippen molar-refractivity contribution < 1.29 is 13.2 Å². The fourth-order valence-electron chi connectivity index (χ4n) is 3.36. The van der Waals surface area contributed by atoms with E-state index in [0.717, 1.165) is 25.9 Å². The van der Waals surface area contributed by atoms with E-state index in [1.54, 1.807) is 36.4 Å². The lowest BCUT2D eigenvalue weighted by Crippen LogP contribution is -2.40. The van der Waals surface area contributed by atoms with Gasteiger partial charge in [-0.15, -0.1) is 0 Å². The Morgan fingerprint density at radius 1 is 1.11 bits per heavy atom. The number of nitrogens with zero attached hydrogens (tertiary/aromatic N) is 1. The van der Waals surface area contributed by atoms with E-state index < -0.39 is 10.0 Å². The van der Waals surface area contributed by atoms with Crippen LogP contribution in [0, 0.1) is 0 Å². The zero-order chi connectivity index (χ0) is 19.3. The predicted molar refractivity (Wildman–Crippen MR) is 106 cm³/mol. The summed E-state index contributed by atoms with van der Waals surface area (Å²) >= 11 is 0. The van der Waals surface area contributed by atoms with Gasteiger partial charge in [-0.2, -0.15) is 0 Å². The Bertz CT molecular complexity index is 867. The Morgan fingerprint density at radius 3 is 2.48 bits per heavy atom. The number of likely N-dealkylation sites (tertiary alicyclic amines) is 1. The van der Waals surface area contributed by atoms with E-state index in [1.807, 2.05) is 6.07 Å². The molecule has 7 heteroatoms. The van der Waals surface area contributed by atoms with Crippen LogP contribution in [0.25, 0.3) is 0 Å². The molecule has 3 rings (SSSR count). The Morgan fingerprint density at radius 2 is 1.81 bits per heavy atom. The quantitative estimate of drug-likeness (QED) is 0.766. The summed E-state index contributed by atoms with van der Waals surface area (Å²) in [6.07, 6.45) is 2.26. The number of carbonyl (C=O) groups is 1. The van der Waals surface area contributed by atoms with Gasteiger partial charge >= 0.3 is 0 Å². The van der Waals surface area contributed by atoms with Crippen molar-refractivity contribution >= 4 is 21.6 Å². The third-order valence-electron chi connectivity index (χ3n) is 4.86. The van der Waals surface area contributed by atoms with Crippen LogP contribution in [0.2, 0.25) is 0 Å². The molecule has 27 heavy (non-hydrogen) atoms. The number of carbonyl (C=O) groups excluding carboxylic acids is 1. The summed E-state index contributed by atoms with van der Waals surface area (Å²) in [5, 5.41) is 2.96. The van der Waals surface area contributed by atoms with Crippen LogP contribution >= 0.6 is 0 Å². The Labute approximate surface area is 160 Å². The second-order valence-corrected chi connectivity index (χ2v) is 8.31. The molecule has 1 unspecified atom stereocenters. The summed E-state index contributed by atoms with van der Waals surface area (Å²) in [6.45, 7) is 4.81. The standard InChI is InChI=1S/C20H25N3O3S/c1-2-23-14-6-9-18(23)15-21-20(24)16-10-12-19(13-11-16)27(25,26)22-17-7-4-3-5-8-17/h3-5,7-8,10-13,18,22H,2,6,9,14-15H2,1H3,(H,21,24). The van der Waals surface area contributed by atoms with Gasteiger partial charge in [0.05, 0.1) is 4.90 Å². The normalized spacial score (nSPS) is 17.6. The molecule has 0 bridgehead atoms. The minimum Gasteiger partial charge on any atom is -0.350 e. The molecule has 1 saturated heterocycles. The third-order valence-corrected chi connectivity index (χ3v) is 6.25. The first-order chi connectivity index (χ1) is 13.0. The monoisotopic (exact) mass is 387 g/mol. The van der Waals surface area contributed by atoms with E-state index >= 15 is 0 Å². The largest absolute Gasteiger partial charge is 0.350 e. The van der Waals surface area contributed by atoms with Crippen molar-refractivity contribution in [2.75, 3.05) is 24.4 Å².